The maximum atomic E-state index is 11.7. The number of hydrogen-bond donors (Lipinski definition) is 2. The Morgan fingerprint density at radius 2 is 2.00 bits per heavy atom. The first-order chi connectivity index (χ1) is 9.11. The number of nitrogens with one attached hydrogen (secondary N) is 1. The molecule has 1 fully saturated rings. The smallest absolute Gasteiger partial charge is 0.412 e. The molecule has 1 aromatic rings. The number of carbonyl (C=O) groups excluding carboxylic acids is 1. The number of rotatable bonds is 0. The monoisotopic (exact) mass is 262 g/mol. The Morgan fingerprint density at radius 3 is 2.68 bits per heavy atom. The molecule has 19 heavy (non-hydrogen) atoms. The first-order valence-corrected chi connectivity index (χ1v) is 6.18. The van der Waals surface area contributed by atoms with Gasteiger partial charge in [-0.15, -0.1) is 0 Å². The number of amides is 2. The van der Waals surface area contributed by atoms with E-state index in [0.29, 0.717) is 25.9 Å². The highest BCUT2D eigenvalue weighted by atomic mass is 16.6. The van der Waals surface area contributed by atoms with Crippen LogP contribution in [0.4, 0.5) is 15.3 Å². The molecule has 1 aromatic carbocycles. The van der Waals surface area contributed by atoms with Gasteiger partial charge in [0.05, 0.1) is 5.69 Å². The average molecular weight is 262 g/mol. The van der Waals surface area contributed by atoms with E-state index < -0.39 is 17.8 Å². The molecule has 2 aliphatic heterocycles. The Labute approximate surface area is 110 Å². The molecule has 0 aromatic heterocycles. The van der Waals surface area contributed by atoms with Gasteiger partial charge < -0.3 is 14.7 Å². The van der Waals surface area contributed by atoms with Crippen molar-refractivity contribution in [1.82, 2.24) is 4.90 Å². The molecular weight excluding hydrogens is 248 g/mol. The van der Waals surface area contributed by atoms with Gasteiger partial charge in [0, 0.05) is 31.5 Å². The number of para-hydroxylation sites is 1. The number of piperidine rings is 1. The minimum atomic E-state index is -0.927. The fourth-order valence-corrected chi connectivity index (χ4v) is 2.79. The number of likely N-dealkylation sites (tertiary alicyclic amines) is 1. The van der Waals surface area contributed by atoms with Gasteiger partial charge in [-0.1, -0.05) is 18.2 Å². The Balaban J connectivity index is 1.93. The molecule has 2 amide bonds. The molecule has 1 spiro atoms. The van der Waals surface area contributed by atoms with Gasteiger partial charge in [-0.05, 0) is 6.07 Å². The molecule has 2 heterocycles. The molecule has 0 saturated carbocycles. The van der Waals surface area contributed by atoms with Crippen LogP contribution in [0.15, 0.2) is 24.3 Å². The van der Waals surface area contributed by atoms with Crippen molar-refractivity contribution in [3.05, 3.63) is 29.8 Å². The van der Waals surface area contributed by atoms with Gasteiger partial charge in [0.2, 0.25) is 0 Å². The Morgan fingerprint density at radius 1 is 1.32 bits per heavy atom. The van der Waals surface area contributed by atoms with Crippen molar-refractivity contribution in [2.24, 2.45) is 0 Å². The lowest BCUT2D eigenvalue weighted by Crippen LogP contribution is -2.49. The number of ether oxygens (including phenoxy) is 1. The molecule has 100 valence electrons. The van der Waals surface area contributed by atoms with E-state index in [0.717, 1.165) is 11.3 Å². The van der Waals surface area contributed by atoms with Crippen molar-refractivity contribution >= 4 is 17.9 Å². The van der Waals surface area contributed by atoms with E-state index in [4.69, 9.17) is 9.84 Å². The summed E-state index contributed by atoms with van der Waals surface area (Å²) in [5.41, 5.74) is 0.993. The van der Waals surface area contributed by atoms with Gasteiger partial charge in [0.25, 0.3) is 0 Å². The molecular formula is C13H14N2O4. The van der Waals surface area contributed by atoms with Crippen molar-refractivity contribution in [2.45, 2.75) is 18.4 Å². The lowest BCUT2D eigenvalue weighted by Gasteiger charge is -2.43. The second-order valence-corrected chi connectivity index (χ2v) is 4.82. The largest absolute Gasteiger partial charge is 0.465 e. The second-order valence-electron chi connectivity index (χ2n) is 4.82. The zero-order chi connectivity index (χ0) is 13.5. The van der Waals surface area contributed by atoms with E-state index in [1.54, 1.807) is 0 Å². The van der Waals surface area contributed by atoms with Gasteiger partial charge >= 0.3 is 12.2 Å². The molecule has 0 bridgehead atoms. The Bertz CT molecular complexity index is 535. The van der Waals surface area contributed by atoms with E-state index in [1.807, 2.05) is 24.3 Å². The molecule has 2 N–H and O–H groups in total. The highest BCUT2D eigenvalue weighted by molar-refractivity contribution is 5.88. The first kappa shape index (κ1) is 11.8. The standard InChI is InChI=1S/C13H14N2O4/c16-11-14-10-4-2-1-3-9(10)13(19-11)5-7-15(8-6-13)12(17)18/h1-4H,5-8H2,(H,14,16)(H,17,18). The summed E-state index contributed by atoms with van der Waals surface area (Å²) < 4.78 is 5.50. The highest BCUT2D eigenvalue weighted by Gasteiger charge is 2.44. The van der Waals surface area contributed by atoms with E-state index in [2.05, 4.69) is 5.32 Å². The average Bonchev–Trinajstić information content (AvgIpc) is 2.39. The predicted octanol–water partition coefficient (Wildman–Crippen LogP) is 2.22. The van der Waals surface area contributed by atoms with Crippen LogP contribution >= 0.6 is 0 Å². The summed E-state index contributed by atoms with van der Waals surface area (Å²) in [5, 5.41) is 11.7. The van der Waals surface area contributed by atoms with Gasteiger partial charge in [0.1, 0.15) is 5.60 Å². The molecule has 0 unspecified atom stereocenters. The van der Waals surface area contributed by atoms with E-state index in [9.17, 15) is 9.59 Å². The SMILES string of the molecule is O=C1Nc2ccccc2C2(CCN(C(=O)O)CC2)O1. The minimum absolute atomic E-state index is 0.372. The van der Waals surface area contributed by atoms with Gasteiger partial charge in [-0.3, -0.25) is 5.32 Å². The number of carbonyl (C=O) groups is 2. The quantitative estimate of drug-likeness (QED) is 0.751. The van der Waals surface area contributed by atoms with Crippen molar-refractivity contribution < 1.29 is 19.4 Å². The lowest BCUT2D eigenvalue weighted by atomic mass is 9.82. The van der Waals surface area contributed by atoms with Gasteiger partial charge in [-0.25, -0.2) is 9.59 Å². The van der Waals surface area contributed by atoms with Crippen LogP contribution in [0.2, 0.25) is 0 Å². The van der Waals surface area contributed by atoms with Crippen LogP contribution in [0, 0.1) is 0 Å². The Hall–Kier alpha value is -2.24. The molecule has 0 aliphatic carbocycles. The Kier molecular flexibility index (Phi) is 2.58. The molecule has 2 aliphatic rings. The molecule has 0 atom stereocenters. The molecule has 0 radical (unpaired) electrons. The fraction of sp³-hybridized carbons (Fsp3) is 0.385. The lowest BCUT2D eigenvalue weighted by molar-refractivity contribution is -0.0336. The predicted molar refractivity (Wildman–Crippen MR) is 67.1 cm³/mol. The number of anilines is 1. The van der Waals surface area contributed by atoms with Crippen molar-refractivity contribution in [1.29, 1.82) is 0 Å². The highest BCUT2D eigenvalue weighted by Crippen LogP contribution is 2.43. The van der Waals surface area contributed by atoms with Crippen molar-refractivity contribution in [3.63, 3.8) is 0 Å². The maximum absolute atomic E-state index is 11.7. The van der Waals surface area contributed by atoms with Crippen LogP contribution in [0.25, 0.3) is 0 Å². The number of benzene rings is 1. The van der Waals surface area contributed by atoms with Crippen LogP contribution in [0.3, 0.4) is 0 Å². The summed E-state index contributed by atoms with van der Waals surface area (Å²) in [4.78, 5) is 23.9. The van der Waals surface area contributed by atoms with E-state index >= 15 is 0 Å². The van der Waals surface area contributed by atoms with Crippen LogP contribution in [0.5, 0.6) is 0 Å². The van der Waals surface area contributed by atoms with E-state index in [-0.39, 0.29) is 0 Å². The van der Waals surface area contributed by atoms with Crippen LogP contribution in [-0.2, 0) is 10.3 Å². The van der Waals surface area contributed by atoms with Crippen molar-refractivity contribution in [3.8, 4) is 0 Å². The second kappa shape index (κ2) is 4.15. The van der Waals surface area contributed by atoms with Crippen molar-refractivity contribution in [2.75, 3.05) is 18.4 Å². The molecule has 1 saturated heterocycles. The third kappa shape index (κ3) is 1.89. The van der Waals surface area contributed by atoms with Crippen LogP contribution < -0.4 is 5.32 Å². The zero-order valence-electron chi connectivity index (χ0n) is 10.3. The van der Waals surface area contributed by atoms with Gasteiger partial charge in [0.15, 0.2) is 0 Å². The minimum Gasteiger partial charge on any atom is -0.465 e. The van der Waals surface area contributed by atoms with Crippen LogP contribution in [0.1, 0.15) is 18.4 Å². The summed E-state index contributed by atoms with van der Waals surface area (Å²) in [6, 6.07) is 7.50. The molecule has 6 heteroatoms. The van der Waals surface area contributed by atoms with Gasteiger partial charge in [-0.2, -0.15) is 0 Å². The summed E-state index contributed by atoms with van der Waals surface area (Å²) in [6.07, 6.45) is -0.418. The van der Waals surface area contributed by atoms with E-state index in [1.165, 1.54) is 4.90 Å². The normalized spacial score (nSPS) is 20.4. The summed E-state index contributed by atoms with van der Waals surface area (Å²) in [5.74, 6) is 0. The zero-order valence-corrected chi connectivity index (χ0v) is 10.3. The fourth-order valence-electron chi connectivity index (χ4n) is 2.79. The third-order valence-corrected chi connectivity index (χ3v) is 3.78. The number of hydrogen-bond acceptors (Lipinski definition) is 3. The molecule has 6 nitrogen and oxygen atoms in total. The summed E-state index contributed by atoms with van der Waals surface area (Å²) in [7, 11) is 0. The summed E-state index contributed by atoms with van der Waals surface area (Å²) in [6.45, 7) is 0.744. The number of carboxylic acid groups (broad SMARTS) is 1. The maximum Gasteiger partial charge on any atom is 0.412 e. The number of nitrogens with zero attached hydrogens (tertiary/aromatic N) is 1. The summed E-state index contributed by atoms with van der Waals surface area (Å²) >= 11 is 0. The third-order valence-electron chi connectivity index (χ3n) is 3.78. The number of fused-ring (bicyclic) bond motifs is 2. The first-order valence-electron chi connectivity index (χ1n) is 6.18. The topological polar surface area (TPSA) is 78.9 Å². The van der Waals surface area contributed by atoms with Crippen LogP contribution in [-0.4, -0.2) is 35.3 Å². The molecule has 3 rings (SSSR count).